The monoisotopic (exact) mass is 189 g/mol. The molecule has 0 aromatic carbocycles. The van der Waals surface area contributed by atoms with E-state index in [0.717, 1.165) is 4.90 Å². The van der Waals surface area contributed by atoms with E-state index in [2.05, 4.69) is 10.6 Å². The molecule has 0 aromatic rings. The van der Waals surface area contributed by atoms with Crippen LogP contribution in [0.25, 0.3) is 0 Å². The molecule has 0 saturated heterocycles. The van der Waals surface area contributed by atoms with Crippen molar-refractivity contribution in [2.24, 2.45) is 0 Å². The van der Waals surface area contributed by atoms with E-state index in [9.17, 15) is 9.59 Å². The minimum absolute atomic E-state index is 0.277. The van der Waals surface area contributed by atoms with Crippen molar-refractivity contribution >= 4 is 12.1 Å². The highest BCUT2D eigenvalue weighted by Crippen LogP contribution is 1.80. The first-order valence-corrected chi connectivity index (χ1v) is 4.03. The molecule has 3 amide bonds. The molecule has 0 spiro atoms. The van der Waals surface area contributed by atoms with Gasteiger partial charge in [0.05, 0.1) is 0 Å². The smallest absolute Gasteiger partial charge is 0.407 e. The maximum atomic E-state index is 10.8. The van der Waals surface area contributed by atoms with Gasteiger partial charge in [-0.1, -0.05) is 0 Å². The zero-order valence-electron chi connectivity index (χ0n) is 7.83. The lowest BCUT2D eigenvalue weighted by molar-refractivity contribution is 0.156. The highest BCUT2D eigenvalue weighted by molar-refractivity contribution is 5.73. The van der Waals surface area contributed by atoms with E-state index in [1.54, 1.807) is 0 Å². The first kappa shape index (κ1) is 11.5. The molecule has 0 radical (unpaired) electrons. The molecule has 0 aliphatic rings. The van der Waals surface area contributed by atoms with Crippen LogP contribution in [0.4, 0.5) is 9.59 Å². The van der Waals surface area contributed by atoms with Crippen molar-refractivity contribution in [3.63, 3.8) is 0 Å². The zero-order chi connectivity index (χ0) is 10.3. The van der Waals surface area contributed by atoms with Crippen LogP contribution in [-0.2, 0) is 0 Å². The molecule has 0 bridgehead atoms. The normalized spacial score (nSPS) is 9.08. The Hall–Kier alpha value is -1.46. The van der Waals surface area contributed by atoms with Crippen LogP contribution in [0.15, 0.2) is 0 Å². The molecular weight excluding hydrogens is 174 g/mol. The van der Waals surface area contributed by atoms with E-state index in [1.165, 1.54) is 7.05 Å². The molecule has 0 rings (SSSR count). The van der Waals surface area contributed by atoms with Crippen LogP contribution in [0.1, 0.15) is 6.92 Å². The van der Waals surface area contributed by atoms with Crippen LogP contribution in [0, 0.1) is 0 Å². The zero-order valence-corrected chi connectivity index (χ0v) is 7.83. The highest BCUT2D eigenvalue weighted by Gasteiger charge is 2.04. The molecule has 0 aliphatic carbocycles. The topological polar surface area (TPSA) is 81.7 Å². The van der Waals surface area contributed by atoms with Crippen molar-refractivity contribution in [2.75, 3.05) is 26.7 Å². The second-order valence-corrected chi connectivity index (χ2v) is 2.49. The highest BCUT2D eigenvalue weighted by atomic mass is 16.4. The summed E-state index contributed by atoms with van der Waals surface area (Å²) in [6.45, 7) is 2.96. The van der Waals surface area contributed by atoms with E-state index in [4.69, 9.17) is 5.11 Å². The maximum absolute atomic E-state index is 10.8. The molecule has 6 heteroatoms. The maximum Gasteiger partial charge on any atom is 0.407 e. The van der Waals surface area contributed by atoms with Gasteiger partial charge in [0.25, 0.3) is 0 Å². The fourth-order valence-electron chi connectivity index (χ4n) is 0.656. The van der Waals surface area contributed by atoms with Crippen LogP contribution >= 0.6 is 0 Å². The summed E-state index contributed by atoms with van der Waals surface area (Å²) in [5.74, 6) is 0. The molecule has 0 saturated carbocycles. The molecule has 0 aromatic heterocycles. The van der Waals surface area contributed by atoms with Gasteiger partial charge in [0.15, 0.2) is 0 Å². The summed E-state index contributed by atoms with van der Waals surface area (Å²) in [6.07, 6.45) is -1.00. The number of likely N-dealkylation sites (N-methyl/N-ethyl adjacent to an activating group) is 1. The number of rotatable bonds is 4. The minimum Gasteiger partial charge on any atom is -0.465 e. The van der Waals surface area contributed by atoms with Gasteiger partial charge >= 0.3 is 12.1 Å². The molecular formula is C7H15N3O3. The third-order valence-electron chi connectivity index (χ3n) is 1.40. The second-order valence-electron chi connectivity index (χ2n) is 2.49. The third kappa shape index (κ3) is 5.77. The Morgan fingerprint density at radius 1 is 1.38 bits per heavy atom. The third-order valence-corrected chi connectivity index (χ3v) is 1.40. The van der Waals surface area contributed by atoms with Crippen LogP contribution in [-0.4, -0.2) is 48.8 Å². The minimum atomic E-state index is -1.00. The molecule has 0 atom stereocenters. The van der Waals surface area contributed by atoms with E-state index in [1.807, 2.05) is 6.92 Å². The largest absolute Gasteiger partial charge is 0.465 e. The van der Waals surface area contributed by atoms with Crippen LogP contribution in [0.3, 0.4) is 0 Å². The predicted molar refractivity (Wildman–Crippen MR) is 47.7 cm³/mol. The average Bonchev–Trinajstić information content (AvgIpc) is 2.04. The Labute approximate surface area is 76.9 Å². The van der Waals surface area contributed by atoms with Crippen LogP contribution < -0.4 is 10.6 Å². The lowest BCUT2D eigenvalue weighted by Crippen LogP contribution is -2.40. The van der Waals surface area contributed by atoms with Crippen molar-refractivity contribution in [3.05, 3.63) is 0 Å². The average molecular weight is 189 g/mol. The predicted octanol–water partition coefficient (Wildman–Crippen LogP) is -0.0847. The summed E-state index contributed by atoms with van der Waals surface area (Å²) < 4.78 is 0. The number of nitrogens with one attached hydrogen (secondary N) is 2. The Balaban J connectivity index is 3.44. The molecule has 13 heavy (non-hydrogen) atoms. The van der Waals surface area contributed by atoms with Gasteiger partial charge in [0.2, 0.25) is 0 Å². The van der Waals surface area contributed by atoms with Gasteiger partial charge in [-0.3, -0.25) is 0 Å². The first-order chi connectivity index (χ1) is 6.07. The Kier molecular flexibility index (Phi) is 5.42. The van der Waals surface area contributed by atoms with E-state index in [-0.39, 0.29) is 12.6 Å². The summed E-state index contributed by atoms with van der Waals surface area (Å²) in [5, 5.41) is 13.5. The number of carboxylic acid groups (broad SMARTS) is 1. The van der Waals surface area contributed by atoms with Crippen molar-refractivity contribution in [1.29, 1.82) is 0 Å². The summed E-state index contributed by atoms with van der Waals surface area (Å²) in [6, 6.07) is -0.277. The number of amides is 3. The molecule has 76 valence electrons. The van der Waals surface area contributed by atoms with Crippen molar-refractivity contribution in [3.8, 4) is 0 Å². The molecule has 0 unspecified atom stereocenters. The number of urea groups is 1. The second kappa shape index (κ2) is 6.10. The van der Waals surface area contributed by atoms with Gasteiger partial charge in [-0.05, 0) is 6.92 Å². The van der Waals surface area contributed by atoms with E-state index >= 15 is 0 Å². The molecule has 0 heterocycles. The van der Waals surface area contributed by atoms with Gasteiger partial charge in [0.1, 0.15) is 0 Å². The van der Waals surface area contributed by atoms with E-state index < -0.39 is 6.09 Å². The summed E-state index contributed by atoms with van der Waals surface area (Å²) >= 11 is 0. The van der Waals surface area contributed by atoms with Crippen molar-refractivity contribution in [2.45, 2.75) is 6.92 Å². The standard InChI is InChI=1S/C7H15N3O3/c1-3-8-6(11)9-4-5-10(2)7(12)13/h3-5H2,1-2H3,(H,12,13)(H2,8,9,11). The summed E-state index contributed by atoms with van der Waals surface area (Å²) in [5.41, 5.74) is 0. The van der Waals surface area contributed by atoms with Gasteiger partial charge < -0.3 is 20.6 Å². The number of hydrogen-bond acceptors (Lipinski definition) is 2. The van der Waals surface area contributed by atoms with Crippen molar-refractivity contribution < 1.29 is 14.7 Å². The lowest BCUT2D eigenvalue weighted by Gasteiger charge is -2.13. The molecule has 6 nitrogen and oxygen atoms in total. The molecule has 3 N–H and O–H groups in total. The fourth-order valence-corrected chi connectivity index (χ4v) is 0.656. The van der Waals surface area contributed by atoms with E-state index in [0.29, 0.717) is 13.1 Å². The summed E-state index contributed by atoms with van der Waals surface area (Å²) in [7, 11) is 1.45. The number of nitrogens with zero attached hydrogens (tertiary/aromatic N) is 1. The Morgan fingerprint density at radius 3 is 2.46 bits per heavy atom. The fraction of sp³-hybridized carbons (Fsp3) is 0.714. The summed E-state index contributed by atoms with van der Waals surface area (Å²) in [4.78, 5) is 22.2. The number of hydrogen-bond donors (Lipinski definition) is 3. The van der Waals surface area contributed by atoms with Gasteiger partial charge in [0, 0.05) is 26.7 Å². The number of carbonyl (C=O) groups excluding carboxylic acids is 1. The van der Waals surface area contributed by atoms with Gasteiger partial charge in [-0.15, -0.1) is 0 Å². The Bertz CT molecular complexity index is 184. The van der Waals surface area contributed by atoms with Crippen molar-refractivity contribution in [1.82, 2.24) is 15.5 Å². The van der Waals surface area contributed by atoms with Crippen LogP contribution in [0.5, 0.6) is 0 Å². The molecule has 0 fully saturated rings. The molecule has 0 aliphatic heterocycles. The quantitative estimate of drug-likeness (QED) is 0.578. The lowest BCUT2D eigenvalue weighted by atomic mass is 10.5. The SMILES string of the molecule is CCNC(=O)NCCN(C)C(=O)O. The van der Waals surface area contributed by atoms with Crippen LogP contribution in [0.2, 0.25) is 0 Å². The first-order valence-electron chi connectivity index (χ1n) is 4.03. The Morgan fingerprint density at radius 2 is 2.00 bits per heavy atom. The van der Waals surface area contributed by atoms with Gasteiger partial charge in [-0.2, -0.15) is 0 Å². The number of carbonyl (C=O) groups is 2. The van der Waals surface area contributed by atoms with Gasteiger partial charge in [-0.25, -0.2) is 9.59 Å².